The number of rotatable bonds is 4. The summed E-state index contributed by atoms with van der Waals surface area (Å²) in [5.41, 5.74) is 6.11. The molecule has 5 aromatic rings. The minimum atomic E-state index is -0.111. The van der Waals surface area contributed by atoms with Crippen molar-refractivity contribution >= 4 is 45.1 Å². The van der Waals surface area contributed by atoms with Gasteiger partial charge in [-0.1, -0.05) is 35.3 Å². The van der Waals surface area contributed by atoms with E-state index in [1.165, 1.54) is 0 Å². The first kappa shape index (κ1) is 24.2. The average Bonchev–Trinajstić information content (AvgIpc) is 3.39. The molecule has 0 aliphatic carbocycles. The van der Waals surface area contributed by atoms with E-state index in [1.54, 1.807) is 29.8 Å². The van der Waals surface area contributed by atoms with E-state index in [1.807, 2.05) is 24.8 Å². The zero-order chi connectivity index (χ0) is 25.8. The third kappa shape index (κ3) is 4.16. The lowest BCUT2D eigenvalue weighted by atomic mass is 10.0. The summed E-state index contributed by atoms with van der Waals surface area (Å²) in [5.74, 6) is 0. The molecule has 7 nitrogen and oxygen atoms in total. The summed E-state index contributed by atoms with van der Waals surface area (Å²) >= 11 is 12.6. The van der Waals surface area contributed by atoms with E-state index in [2.05, 4.69) is 33.7 Å². The van der Waals surface area contributed by atoms with Crippen LogP contribution >= 0.6 is 23.2 Å². The topological polar surface area (TPSA) is 57.2 Å². The fraction of sp³-hybridized carbons (Fsp3) is 0.286. The molecule has 4 heterocycles. The van der Waals surface area contributed by atoms with Gasteiger partial charge in [0.2, 0.25) is 0 Å². The van der Waals surface area contributed by atoms with Crippen LogP contribution in [0.5, 0.6) is 0 Å². The molecule has 2 aromatic carbocycles. The molecule has 1 fully saturated rings. The Labute approximate surface area is 224 Å². The van der Waals surface area contributed by atoms with Gasteiger partial charge in [0.25, 0.3) is 5.56 Å². The van der Waals surface area contributed by atoms with E-state index in [4.69, 9.17) is 33.0 Å². The number of ether oxygens (including phenoxy) is 1. The molecule has 0 spiro atoms. The lowest BCUT2D eigenvalue weighted by Crippen LogP contribution is -2.36. The van der Waals surface area contributed by atoms with Crippen molar-refractivity contribution < 1.29 is 4.74 Å². The van der Waals surface area contributed by atoms with Crippen molar-refractivity contribution in [1.29, 1.82) is 0 Å². The molecule has 9 heteroatoms. The summed E-state index contributed by atoms with van der Waals surface area (Å²) in [6.45, 7) is 4.25. The Bertz CT molecular complexity index is 1730. The lowest BCUT2D eigenvalue weighted by Gasteiger charge is -2.26. The van der Waals surface area contributed by atoms with E-state index in [0.29, 0.717) is 21.2 Å². The summed E-state index contributed by atoms with van der Waals surface area (Å²) < 4.78 is 11.2. The van der Waals surface area contributed by atoms with E-state index >= 15 is 0 Å². The number of aryl methyl sites for hydroxylation is 3. The SMILES string of the molecule is Cn1nc(-c2ccc3c(c2)c2cc(-c4ccc(Cl)cc4Cl)c(=O)n(C)c2n3C)cc1CN1CCOCC1. The Kier molecular flexibility index (Phi) is 6.12. The Morgan fingerprint density at radius 3 is 2.43 bits per heavy atom. The van der Waals surface area contributed by atoms with Gasteiger partial charge >= 0.3 is 0 Å². The van der Waals surface area contributed by atoms with Crippen LogP contribution in [0.2, 0.25) is 10.0 Å². The number of hydrogen-bond donors (Lipinski definition) is 0. The molecule has 1 aliphatic heterocycles. The van der Waals surface area contributed by atoms with Gasteiger partial charge in [-0.3, -0.25) is 18.9 Å². The summed E-state index contributed by atoms with van der Waals surface area (Å²) in [6, 6.07) is 15.7. The number of benzene rings is 2. The third-order valence-corrected chi connectivity index (χ3v) is 7.88. The Morgan fingerprint density at radius 2 is 1.68 bits per heavy atom. The number of pyridine rings is 1. The largest absolute Gasteiger partial charge is 0.379 e. The van der Waals surface area contributed by atoms with Crippen molar-refractivity contribution in [3.63, 3.8) is 0 Å². The van der Waals surface area contributed by atoms with Gasteiger partial charge in [0.05, 0.1) is 35.1 Å². The molecule has 6 rings (SSSR count). The van der Waals surface area contributed by atoms with Crippen LogP contribution < -0.4 is 5.56 Å². The molecule has 1 aliphatic rings. The molecule has 0 saturated carbocycles. The highest BCUT2D eigenvalue weighted by Crippen LogP contribution is 2.35. The Morgan fingerprint density at radius 1 is 0.892 bits per heavy atom. The van der Waals surface area contributed by atoms with E-state index < -0.39 is 0 Å². The number of hydrogen-bond acceptors (Lipinski definition) is 4. The van der Waals surface area contributed by atoms with Gasteiger partial charge in [0.1, 0.15) is 5.65 Å². The van der Waals surface area contributed by atoms with Crippen LogP contribution in [0, 0.1) is 0 Å². The lowest BCUT2D eigenvalue weighted by molar-refractivity contribution is 0.0331. The van der Waals surface area contributed by atoms with Gasteiger partial charge < -0.3 is 9.30 Å². The smallest absolute Gasteiger partial charge is 0.259 e. The molecule has 0 atom stereocenters. The number of halogens is 2. The van der Waals surface area contributed by atoms with E-state index in [0.717, 1.165) is 71.7 Å². The van der Waals surface area contributed by atoms with Crippen LogP contribution in [-0.4, -0.2) is 50.1 Å². The van der Waals surface area contributed by atoms with E-state index in [-0.39, 0.29) is 5.56 Å². The first-order valence-electron chi connectivity index (χ1n) is 12.2. The van der Waals surface area contributed by atoms with Gasteiger partial charge in [0.15, 0.2) is 0 Å². The molecule has 0 radical (unpaired) electrons. The van der Waals surface area contributed by atoms with Crippen LogP contribution in [0.4, 0.5) is 0 Å². The maximum atomic E-state index is 13.4. The predicted octanol–water partition coefficient (Wildman–Crippen LogP) is 5.24. The van der Waals surface area contributed by atoms with Gasteiger partial charge in [-0.25, -0.2) is 0 Å². The molecular formula is C28H27Cl2N5O2. The fourth-order valence-corrected chi connectivity index (χ4v) is 5.84. The predicted molar refractivity (Wildman–Crippen MR) is 149 cm³/mol. The molecular weight excluding hydrogens is 509 g/mol. The summed E-state index contributed by atoms with van der Waals surface area (Å²) in [6.07, 6.45) is 0. The van der Waals surface area contributed by atoms with Crippen molar-refractivity contribution in [2.75, 3.05) is 26.3 Å². The first-order chi connectivity index (χ1) is 17.8. The second kappa shape index (κ2) is 9.33. The molecule has 0 amide bonds. The highest BCUT2D eigenvalue weighted by molar-refractivity contribution is 6.36. The molecule has 37 heavy (non-hydrogen) atoms. The van der Waals surface area contributed by atoms with E-state index in [9.17, 15) is 4.79 Å². The van der Waals surface area contributed by atoms with Crippen LogP contribution in [0.1, 0.15) is 5.69 Å². The monoisotopic (exact) mass is 535 g/mol. The summed E-state index contributed by atoms with van der Waals surface area (Å²) in [7, 11) is 5.78. The van der Waals surface area contributed by atoms with Crippen molar-refractivity contribution in [1.82, 2.24) is 23.8 Å². The summed E-state index contributed by atoms with van der Waals surface area (Å²) in [4.78, 5) is 15.8. The molecule has 190 valence electrons. The standard InChI is InChI=1S/C28H27Cl2N5O2/c1-32-26-7-4-17(25-14-19(34(3)31-25)16-35-8-10-37-11-9-35)12-21(26)22-15-23(28(36)33(2)27(22)32)20-6-5-18(29)13-24(20)30/h4-7,12-15H,8-11,16H2,1-3H3. The normalized spacial score (nSPS) is 14.7. The first-order valence-corrected chi connectivity index (χ1v) is 13.0. The minimum absolute atomic E-state index is 0.111. The van der Waals surface area contributed by atoms with Gasteiger partial charge in [-0.15, -0.1) is 0 Å². The maximum Gasteiger partial charge on any atom is 0.259 e. The van der Waals surface area contributed by atoms with Crippen molar-refractivity contribution in [3.05, 3.63) is 74.6 Å². The molecule has 1 saturated heterocycles. The zero-order valence-electron chi connectivity index (χ0n) is 21.0. The Hall–Kier alpha value is -3.10. The van der Waals surface area contributed by atoms with Crippen molar-refractivity contribution in [2.45, 2.75) is 6.54 Å². The number of morpholine rings is 1. The Balaban J connectivity index is 1.48. The highest BCUT2D eigenvalue weighted by atomic mass is 35.5. The minimum Gasteiger partial charge on any atom is -0.379 e. The van der Waals surface area contributed by atoms with Crippen molar-refractivity contribution in [3.8, 4) is 22.4 Å². The molecule has 0 N–H and O–H groups in total. The zero-order valence-corrected chi connectivity index (χ0v) is 22.5. The van der Waals surface area contributed by atoms with Crippen LogP contribution in [0.3, 0.4) is 0 Å². The van der Waals surface area contributed by atoms with Crippen LogP contribution in [-0.2, 0) is 32.4 Å². The van der Waals surface area contributed by atoms with Gasteiger partial charge in [0, 0.05) is 73.3 Å². The molecule has 3 aromatic heterocycles. The molecule has 0 unspecified atom stereocenters. The number of fused-ring (bicyclic) bond motifs is 3. The van der Waals surface area contributed by atoms with Gasteiger partial charge in [-0.05, 0) is 36.4 Å². The fourth-order valence-electron chi connectivity index (χ4n) is 5.33. The maximum absolute atomic E-state index is 13.4. The summed E-state index contributed by atoms with van der Waals surface area (Å²) in [5, 5.41) is 7.84. The number of nitrogens with zero attached hydrogens (tertiary/aromatic N) is 5. The van der Waals surface area contributed by atoms with Crippen LogP contribution in [0.25, 0.3) is 44.3 Å². The van der Waals surface area contributed by atoms with Crippen LogP contribution in [0.15, 0.2) is 53.3 Å². The number of aromatic nitrogens is 4. The quantitative estimate of drug-likeness (QED) is 0.316. The third-order valence-electron chi connectivity index (χ3n) is 7.33. The molecule has 0 bridgehead atoms. The average molecular weight is 536 g/mol. The van der Waals surface area contributed by atoms with Gasteiger partial charge in [-0.2, -0.15) is 5.10 Å². The second-order valence-electron chi connectivity index (χ2n) is 9.61. The highest BCUT2D eigenvalue weighted by Gasteiger charge is 2.19. The van der Waals surface area contributed by atoms with Crippen molar-refractivity contribution in [2.24, 2.45) is 21.1 Å². The second-order valence-corrected chi connectivity index (χ2v) is 10.5.